The van der Waals surface area contributed by atoms with E-state index in [0.29, 0.717) is 15.8 Å². The van der Waals surface area contributed by atoms with Gasteiger partial charge in [-0.25, -0.2) is 9.97 Å². The fraction of sp³-hybridized carbons (Fsp3) is 0.115. The third kappa shape index (κ3) is 4.67. The first-order chi connectivity index (χ1) is 18.0. The van der Waals surface area contributed by atoms with Crippen LogP contribution in [-0.2, 0) is 9.59 Å². The topological polar surface area (TPSA) is 116 Å². The van der Waals surface area contributed by atoms with E-state index in [9.17, 15) is 14.4 Å². The van der Waals surface area contributed by atoms with Crippen LogP contribution in [0, 0.1) is 0 Å². The molecule has 2 aromatic heterocycles. The van der Waals surface area contributed by atoms with E-state index in [1.807, 2.05) is 54.6 Å². The molecule has 0 bridgehead atoms. The normalized spacial score (nSPS) is 17.3. The number of hydrazine groups is 1. The number of aromatic nitrogens is 2. The number of nitrogens with one attached hydrogen (secondary N) is 3. The van der Waals surface area contributed by atoms with E-state index in [4.69, 9.17) is 0 Å². The van der Waals surface area contributed by atoms with E-state index in [-0.39, 0.29) is 18.2 Å². The van der Waals surface area contributed by atoms with Crippen LogP contribution in [0.15, 0.2) is 78.9 Å². The Morgan fingerprint density at radius 3 is 1.70 bits per heavy atom. The lowest BCUT2D eigenvalue weighted by atomic mass is 9.93. The number of nitrogens with zero attached hydrogens (tertiary/aromatic N) is 3. The third-order valence-electron chi connectivity index (χ3n) is 6.04. The van der Waals surface area contributed by atoms with Gasteiger partial charge in [0.05, 0.1) is 20.4 Å². The molecule has 0 unspecified atom stereocenters. The van der Waals surface area contributed by atoms with Crippen LogP contribution in [-0.4, -0.2) is 44.8 Å². The molecule has 3 aromatic carbocycles. The Labute approximate surface area is 219 Å². The monoisotopic (exact) mass is 528 g/mol. The Hall–Kier alpha value is -4.19. The van der Waals surface area contributed by atoms with Crippen molar-refractivity contribution in [3.63, 3.8) is 0 Å². The lowest BCUT2D eigenvalue weighted by Gasteiger charge is -2.45. The maximum Gasteiger partial charge on any atom is 0.265 e. The van der Waals surface area contributed by atoms with E-state index in [1.54, 1.807) is 24.3 Å². The average Bonchev–Trinajstić information content (AvgIpc) is 3.49. The zero-order chi connectivity index (χ0) is 25.4. The van der Waals surface area contributed by atoms with Gasteiger partial charge in [0.2, 0.25) is 11.8 Å². The molecule has 0 aliphatic carbocycles. The van der Waals surface area contributed by atoms with Crippen LogP contribution in [0.2, 0.25) is 0 Å². The Morgan fingerprint density at radius 2 is 1.19 bits per heavy atom. The number of rotatable bonds is 6. The molecule has 3 N–H and O–H groups in total. The largest absolute Gasteiger partial charge is 0.301 e. The van der Waals surface area contributed by atoms with Crippen LogP contribution in [0.3, 0.4) is 0 Å². The van der Waals surface area contributed by atoms with Gasteiger partial charge in [-0.1, -0.05) is 65.1 Å². The highest BCUT2D eigenvalue weighted by Gasteiger charge is 2.48. The smallest absolute Gasteiger partial charge is 0.265 e. The number of benzene rings is 3. The van der Waals surface area contributed by atoms with Crippen LogP contribution >= 0.6 is 22.7 Å². The summed E-state index contributed by atoms with van der Waals surface area (Å²) in [7, 11) is 0. The summed E-state index contributed by atoms with van der Waals surface area (Å²) >= 11 is 2.73. The molecular weight excluding hydrogens is 508 g/mol. The zero-order valence-corrected chi connectivity index (χ0v) is 20.9. The quantitative estimate of drug-likeness (QED) is 0.303. The van der Waals surface area contributed by atoms with E-state index < -0.39 is 18.0 Å². The van der Waals surface area contributed by atoms with Crippen LogP contribution in [0.1, 0.15) is 16.8 Å². The molecule has 1 saturated heterocycles. The zero-order valence-electron chi connectivity index (χ0n) is 19.3. The van der Waals surface area contributed by atoms with Crippen molar-refractivity contribution in [2.45, 2.75) is 18.5 Å². The van der Waals surface area contributed by atoms with E-state index >= 15 is 0 Å². The number of amides is 3. The maximum atomic E-state index is 13.2. The summed E-state index contributed by atoms with van der Waals surface area (Å²) in [5.74, 6) is -1.11. The van der Waals surface area contributed by atoms with E-state index in [0.717, 1.165) is 20.4 Å². The van der Waals surface area contributed by atoms with Crippen LogP contribution in [0.5, 0.6) is 0 Å². The van der Waals surface area contributed by atoms with Crippen LogP contribution < -0.4 is 16.1 Å². The minimum absolute atomic E-state index is 0.225. The number of anilines is 2. The second-order valence-electron chi connectivity index (χ2n) is 8.43. The van der Waals surface area contributed by atoms with Gasteiger partial charge in [-0.05, 0) is 36.4 Å². The minimum atomic E-state index is -0.745. The molecule has 0 spiro atoms. The van der Waals surface area contributed by atoms with Crippen molar-refractivity contribution in [3.05, 3.63) is 84.4 Å². The van der Waals surface area contributed by atoms with Crippen molar-refractivity contribution in [1.82, 2.24) is 20.4 Å². The van der Waals surface area contributed by atoms with Gasteiger partial charge in [0, 0.05) is 12.0 Å². The van der Waals surface area contributed by atoms with E-state index in [1.165, 1.54) is 27.7 Å². The summed E-state index contributed by atoms with van der Waals surface area (Å²) < 4.78 is 1.91. The first-order valence-corrected chi connectivity index (χ1v) is 13.2. The number of fused-ring (bicyclic) bond motifs is 2. The Balaban J connectivity index is 1.20. The first-order valence-electron chi connectivity index (χ1n) is 11.5. The second kappa shape index (κ2) is 9.69. The molecule has 184 valence electrons. The molecule has 5 aromatic rings. The van der Waals surface area contributed by atoms with Gasteiger partial charge in [0.1, 0.15) is 12.1 Å². The predicted octanol–water partition coefficient (Wildman–Crippen LogP) is 4.27. The van der Waals surface area contributed by atoms with Crippen molar-refractivity contribution in [2.24, 2.45) is 0 Å². The van der Waals surface area contributed by atoms with Gasteiger partial charge >= 0.3 is 0 Å². The summed E-state index contributed by atoms with van der Waals surface area (Å²) in [4.78, 5) is 48.1. The van der Waals surface area contributed by atoms with Gasteiger partial charge in [-0.3, -0.25) is 19.8 Å². The summed E-state index contributed by atoms with van der Waals surface area (Å²) in [6.07, 6.45) is 0.225. The number of carbonyl (C=O) groups is 3. The van der Waals surface area contributed by atoms with Gasteiger partial charge < -0.3 is 10.6 Å². The molecular formula is C26H20N6O3S2. The Morgan fingerprint density at radius 1 is 0.703 bits per heavy atom. The van der Waals surface area contributed by atoms with Crippen molar-refractivity contribution in [1.29, 1.82) is 0 Å². The lowest BCUT2D eigenvalue weighted by molar-refractivity contribution is -0.141. The number of para-hydroxylation sites is 2. The van der Waals surface area contributed by atoms with Gasteiger partial charge in [0.15, 0.2) is 10.3 Å². The molecule has 3 heterocycles. The number of hydrogen-bond acceptors (Lipinski definition) is 8. The fourth-order valence-corrected chi connectivity index (χ4v) is 5.88. The molecule has 6 rings (SSSR count). The van der Waals surface area contributed by atoms with E-state index in [2.05, 4.69) is 26.0 Å². The fourth-order valence-electron chi connectivity index (χ4n) is 4.14. The molecule has 0 saturated carbocycles. The van der Waals surface area contributed by atoms with Gasteiger partial charge in [0.25, 0.3) is 5.91 Å². The maximum absolute atomic E-state index is 13.2. The number of hydrogen-bond donors (Lipinski definition) is 3. The number of carbonyl (C=O) groups excluding carboxylic acids is 3. The van der Waals surface area contributed by atoms with Gasteiger partial charge in [-0.2, -0.15) is 5.01 Å². The van der Waals surface area contributed by atoms with Gasteiger partial charge in [-0.15, -0.1) is 0 Å². The first kappa shape index (κ1) is 23.2. The molecule has 1 aliphatic rings. The van der Waals surface area contributed by atoms with Crippen LogP contribution in [0.25, 0.3) is 20.4 Å². The summed E-state index contributed by atoms with van der Waals surface area (Å²) in [6.45, 7) is 0. The Kier molecular flexibility index (Phi) is 6.08. The highest BCUT2D eigenvalue weighted by atomic mass is 32.1. The molecule has 3 amide bonds. The molecule has 11 heteroatoms. The average molecular weight is 529 g/mol. The standard InChI is InChI=1S/C26H20N6O3S2/c33-22(15-8-2-1-3-9-15)31-32-18(23(34)29-25-27-16-10-4-6-12-20(16)36-25)14-19(32)24(35)30-26-28-17-11-5-7-13-21(17)37-26/h1-13,18-19H,14H2,(H,31,33)(H,27,29,34)(H,28,30,35)/t18-,19-/m1/s1. The molecule has 0 radical (unpaired) electrons. The SMILES string of the molecule is O=C(NN1[C@@H](C(=O)Nc2nc3ccccc3s2)C[C@@H]1C(=O)Nc1nc2ccccc2s1)c1ccccc1. The number of thiazole rings is 2. The summed E-state index contributed by atoms with van der Waals surface area (Å²) in [5, 5.41) is 8.00. The van der Waals surface area contributed by atoms with Crippen LogP contribution in [0.4, 0.5) is 10.3 Å². The third-order valence-corrected chi connectivity index (χ3v) is 7.94. The predicted molar refractivity (Wildman–Crippen MR) is 144 cm³/mol. The summed E-state index contributed by atoms with van der Waals surface area (Å²) in [6, 6.07) is 22.4. The van der Waals surface area contributed by atoms with Crippen molar-refractivity contribution >= 4 is 71.1 Å². The lowest BCUT2D eigenvalue weighted by Crippen LogP contribution is -2.70. The molecule has 1 fully saturated rings. The van der Waals surface area contributed by atoms with Crippen molar-refractivity contribution < 1.29 is 14.4 Å². The summed E-state index contributed by atoms with van der Waals surface area (Å²) in [5.41, 5.74) is 4.76. The van der Waals surface area contributed by atoms with Crippen molar-refractivity contribution in [3.8, 4) is 0 Å². The molecule has 2 atom stereocenters. The molecule has 37 heavy (non-hydrogen) atoms. The molecule has 1 aliphatic heterocycles. The highest BCUT2D eigenvalue weighted by Crippen LogP contribution is 2.31. The Bertz CT molecular complexity index is 1470. The highest BCUT2D eigenvalue weighted by molar-refractivity contribution is 7.22. The molecule has 9 nitrogen and oxygen atoms in total. The van der Waals surface area contributed by atoms with Crippen molar-refractivity contribution in [2.75, 3.05) is 10.6 Å². The second-order valence-corrected chi connectivity index (χ2v) is 10.5. The minimum Gasteiger partial charge on any atom is -0.301 e.